The van der Waals surface area contributed by atoms with Gasteiger partial charge in [0.05, 0.1) is 12.7 Å². The number of hydrogen-bond donors (Lipinski definition) is 1. The second-order valence-corrected chi connectivity index (χ2v) is 7.47. The monoisotopic (exact) mass is 326 g/mol. The number of ether oxygens (including phenoxy) is 1. The molecule has 2 heterocycles. The van der Waals surface area contributed by atoms with E-state index in [9.17, 15) is 4.79 Å². The van der Waals surface area contributed by atoms with Crippen LogP contribution in [-0.4, -0.2) is 64.3 Å². The van der Waals surface area contributed by atoms with Gasteiger partial charge in [0.2, 0.25) is 0 Å². The third kappa shape index (κ3) is 5.30. The highest BCUT2D eigenvalue weighted by Gasteiger charge is 2.20. The van der Waals surface area contributed by atoms with E-state index in [1.54, 1.807) is 19.4 Å². The summed E-state index contributed by atoms with van der Waals surface area (Å²) in [5.74, 6) is 1.54. The second-order valence-electron chi connectivity index (χ2n) is 5.79. The lowest BCUT2D eigenvalue weighted by Gasteiger charge is -2.33. The molecular weight excluding hydrogens is 300 g/mol. The molecule has 2 rings (SSSR count). The number of hydrogen-bond acceptors (Lipinski definition) is 6. The molecule has 0 spiro atoms. The number of aromatic nitrogens is 2. The van der Waals surface area contributed by atoms with Gasteiger partial charge in [0, 0.05) is 51.4 Å². The van der Waals surface area contributed by atoms with Crippen molar-refractivity contribution in [2.75, 3.05) is 43.9 Å². The molecule has 0 aromatic carbocycles. The largest absolute Gasteiger partial charge is 0.374 e. The smallest absolute Gasteiger partial charge is 0.293 e. The SMILES string of the molecule is CC(C)SCCN1CCO[C@@H](CNc2nccn(C)c2=O)C1. The number of morpholine rings is 1. The molecule has 0 bridgehead atoms. The van der Waals surface area contributed by atoms with E-state index in [1.165, 1.54) is 4.57 Å². The van der Waals surface area contributed by atoms with Gasteiger partial charge in [-0.3, -0.25) is 9.69 Å². The molecule has 1 fully saturated rings. The zero-order valence-corrected chi connectivity index (χ0v) is 14.4. The van der Waals surface area contributed by atoms with Gasteiger partial charge in [-0.25, -0.2) is 4.98 Å². The summed E-state index contributed by atoms with van der Waals surface area (Å²) in [4.78, 5) is 18.4. The lowest BCUT2D eigenvalue weighted by atomic mass is 10.2. The van der Waals surface area contributed by atoms with Crippen LogP contribution in [0.15, 0.2) is 17.2 Å². The van der Waals surface area contributed by atoms with Crippen LogP contribution >= 0.6 is 11.8 Å². The minimum Gasteiger partial charge on any atom is -0.374 e. The molecule has 1 aliphatic heterocycles. The normalized spacial score (nSPS) is 19.5. The number of nitrogens with zero attached hydrogens (tertiary/aromatic N) is 3. The molecule has 0 radical (unpaired) electrons. The average molecular weight is 326 g/mol. The molecular formula is C15H26N4O2S. The van der Waals surface area contributed by atoms with E-state index >= 15 is 0 Å². The van der Waals surface area contributed by atoms with Crippen molar-refractivity contribution in [2.24, 2.45) is 7.05 Å². The van der Waals surface area contributed by atoms with E-state index in [0.29, 0.717) is 17.6 Å². The van der Waals surface area contributed by atoms with Gasteiger partial charge in [0.15, 0.2) is 5.82 Å². The van der Waals surface area contributed by atoms with Crippen molar-refractivity contribution in [2.45, 2.75) is 25.2 Å². The van der Waals surface area contributed by atoms with Crippen LogP contribution in [0.25, 0.3) is 0 Å². The third-order valence-electron chi connectivity index (χ3n) is 3.60. The predicted molar refractivity (Wildman–Crippen MR) is 91.7 cm³/mol. The molecule has 0 aliphatic carbocycles. The molecule has 7 heteroatoms. The first kappa shape index (κ1) is 17.3. The Bertz CT molecular complexity index is 521. The first-order valence-electron chi connectivity index (χ1n) is 7.77. The summed E-state index contributed by atoms with van der Waals surface area (Å²) in [5.41, 5.74) is -0.108. The highest BCUT2D eigenvalue weighted by Crippen LogP contribution is 2.11. The van der Waals surface area contributed by atoms with Gasteiger partial charge in [-0.05, 0) is 5.25 Å². The standard InChI is InChI=1S/C15H26N4O2S/c1-12(2)22-9-7-19-6-8-21-13(11-19)10-17-14-15(20)18(3)5-4-16-14/h4-5,12-13H,6-11H2,1-3H3,(H,16,17)/t13-/m0/s1. The molecule has 1 saturated heterocycles. The van der Waals surface area contributed by atoms with Crippen molar-refractivity contribution < 1.29 is 4.74 Å². The van der Waals surface area contributed by atoms with Crippen LogP contribution in [0.4, 0.5) is 5.82 Å². The fraction of sp³-hybridized carbons (Fsp3) is 0.733. The molecule has 0 amide bonds. The average Bonchev–Trinajstić information content (AvgIpc) is 2.49. The second kappa shape index (κ2) is 8.55. The fourth-order valence-corrected chi connectivity index (χ4v) is 3.19. The van der Waals surface area contributed by atoms with E-state index in [0.717, 1.165) is 32.0 Å². The predicted octanol–water partition coefficient (Wildman–Crippen LogP) is 1.03. The maximum Gasteiger partial charge on any atom is 0.293 e. The van der Waals surface area contributed by atoms with Gasteiger partial charge in [0.1, 0.15) is 0 Å². The summed E-state index contributed by atoms with van der Waals surface area (Å²) in [6.07, 6.45) is 3.38. The topological polar surface area (TPSA) is 59.4 Å². The summed E-state index contributed by atoms with van der Waals surface area (Å²) in [6.45, 7) is 8.79. The first-order valence-corrected chi connectivity index (χ1v) is 8.82. The van der Waals surface area contributed by atoms with Gasteiger partial charge in [-0.2, -0.15) is 11.8 Å². The Balaban J connectivity index is 1.78. The van der Waals surface area contributed by atoms with Gasteiger partial charge < -0.3 is 14.6 Å². The molecule has 22 heavy (non-hydrogen) atoms. The summed E-state index contributed by atoms with van der Waals surface area (Å²) in [5, 5.41) is 3.80. The van der Waals surface area contributed by atoms with Gasteiger partial charge in [0.25, 0.3) is 5.56 Å². The number of rotatable bonds is 7. The van der Waals surface area contributed by atoms with Crippen molar-refractivity contribution in [1.29, 1.82) is 0 Å². The first-order chi connectivity index (χ1) is 10.6. The summed E-state index contributed by atoms with van der Waals surface area (Å²) >= 11 is 1.99. The van der Waals surface area contributed by atoms with E-state index in [2.05, 4.69) is 29.0 Å². The Morgan fingerprint density at radius 1 is 1.55 bits per heavy atom. The Kier molecular flexibility index (Phi) is 6.72. The van der Waals surface area contributed by atoms with Crippen LogP contribution in [0.2, 0.25) is 0 Å². The van der Waals surface area contributed by atoms with E-state index in [1.807, 2.05) is 11.8 Å². The molecule has 6 nitrogen and oxygen atoms in total. The molecule has 0 unspecified atom stereocenters. The zero-order chi connectivity index (χ0) is 15.9. The highest BCUT2D eigenvalue weighted by molar-refractivity contribution is 7.99. The van der Waals surface area contributed by atoms with Crippen molar-refractivity contribution in [3.05, 3.63) is 22.7 Å². The Labute approximate surface area is 136 Å². The van der Waals surface area contributed by atoms with E-state index < -0.39 is 0 Å². The van der Waals surface area contributed by atoms with E-state index in [-0.39, 0.29) is 11.7 Å². The zero-order valence-electron chi connectivity index (χ0n) is 13.6. The minimum absolute atomic E-state index is 0.101. The fourth-order valence-electron chi connectivity index (χ4n) is 2.35. The Morgan fingerprint density at radius 3 is 3.14 bits per heavy atom. The van der Waals surface area contributed by atoms with Crippen LogP contribution in [0.1, 0.15) is 13.8 Å². The molecule has 1 aliphatic rings. The quantitative estimate of drug-likeness (QED) is 0.808. The van der Waals surface area contributed by atoms with Crippen molar-refractivity contribution in [3.63, 3.8) is 0 Å². The Morgan fingerprint density at radius 2 is 2.36 bits per heavy atom. The maximum absolute atomic E-state index is 11.9. The maximum atomic E-state index is 11.9. The van der Waals surface area contributed by atoms with Crippen molar-refractivity contribution in [1.82, 2.24) is 14.5 Å². The van der Waals surface area contributed by atoms with Gasteiger partial charge >= 0.3 is 0 Å². The lowest BCUT2D eigenvalue weighted by Crippen LogP contribution is -2.46. The van der Waals surface area contributed by atoms with Crippen LogP contribution in [0.5, 0.6) is 0 Å². The molecule has 0 saturated carbocycles. The third-order valence-corrected chi connectivity index (χ3v) is 4.68. The molecule has 1 atom stereocenters. The number of aryl methyl sites for hydroxylation is 1. The van der Waals surface area contributed by atoms with Crippen LogP contribution in [0.3, 0.4) is 0 Å². The Hall–Kier alpha value is -1.05. The van der Waals surface area contributed by atoms with Crippen molar-refractivity contribution >= 4 is 17.6 Å². The van der Waals surface area contributed by atoms with Gasteiger partial charge in [-0.1, -0.05) is 13.8 Å². The van der Waals surface area contributed by atoms with Crippen LogP contribution < -0.4 is 10.9 Å². The molecule has 1 aromatic rings. The van der Waals surface area contributed by atoms with Crippen molar-refractivity contribution in [3.8, 4) is 0 Å². The summed E-state index contributed by atoms with van der Waals surface area (Å²) < 4.78 is 7.30. The molecule has 124 valence electrons. The van der Waals surface area contributed by atoms with Crippen LogP contribution in [0, 0.1) is 0 Å². The van der Waals surface area contributed by atoms with Crippen LogP contribution in [-0.2, 0) is 11.8 Å². The van der Waals surface area contributed by atoms with E-state index in [4.69, 9.17) is 4.74 Å². The molecule has 1 aromatic heterocycles. The number of nitrogens with one attached hydrogen (secondary N) is 1. The minimum atomic E-state index is -0.108. The van der Waals surface area contributed by atoms with Gasteiger partial charge in [-0.15, -0.1) is 0 Å². The summed E-state index contributed by atoms with van der Waals surface area (Å²) in [6, 6.07) is 0. The molecule has 1 N–H and O–H groups in total. The lowest BCUT2D eigenvalue weighted by molar-refractivity contribution is -0.0188. The number of thioether (sulfide) groups is 1. The summed E-state index contributed by atoms with van der Waals surface area (Å²) in [7, 11) is 1.72. The highest BCUT2D eigenvalue weighted by atomic mass is 32.2. The number of anilines is 1.